The van der Waals surface area contributed by atoms with Crippen LogP contribution in [0.4, 0.5) is 10.5 Å². The highest BCUT2D eigenvalue weighted by Crippen LogP contribution is 2.33. The molecule has 3 N–H and O–H groups in total. The van der Waals surface area contributed by atoms with Crippen molar-refractivity contribution in [2.45, 2.75) is 46.1 Å². The number of ether oxygens (including phenoxy) is 1. The van der Waals surface area contributed by atoms with Gasteiger partial charge in [0.1, 0.15) is 11.4 Å². The summed E-state index contributed by atoms with van der Waals surface area (Å²) in [6.45, 7) is 8.77. The summed E-state index contributed by atoms with van der Waals surface area (Å²) in [7, 11) is 0. The van der Waals surface area contributed by atoms with Gasteiger partial charge in [-0.1, -0.05) is 19.9 Å². The van der Waals surface area contributed by atoms with Crippen molar-refractivity contribution in [2.75, 3.05) is 5.32 Å². The first-order valence-electron chi connectivity index (χ1n) is 7.07. The number of benzene rings is 1. The Morgan fingerprint density at radius 2 is 1.82 bits per heavy atom. The average Bonchev–Trinajstić information content (AvgIpc) is 2.28. The third-order valence-corrected chi connectivity index (χ3v) is 2.94. The van der Waals surface area contributed by atoms with Crippen LogP contribution in [0, 0.1) is 5.92 Å². The topological polar surface area (TPSA) is 95.9 Å². The highest BCUT2D eigenvalue weighted by Gasteiger charge is 2.26. The monoisotopic (exact) mass is 309 g/mol. The molecule has 22 heavy (non-hydrogen) atoms. The highest BCUT2D eigenvalue weighted by atomic mass is 16.6. The van der Waals surface area contributed by atoms with E-state index >= 15 is 0 Å². The van der Waals surface area contributed by atoms with Gasteiger partial charge in [-0.25, -0.2) is 4.79 Å². The number of anilines is 1. The molecule has 1 amide bonds. The van der Waals surface area contributed by atoms with Crippen molar-refractivity contribution in [3.8, 4) is 5.75 Å². The van der Waals surface area contributed by atoms with Gasteiger partial charge in [-0.2, -0.15) is 0 Å². The number of phenols is 1. The molecule has 1 rings (SSSR count). The summed E-state index contributed by atoms with van der Waals surface area (Å²) >= 11 is 0. The first-order chi connectivity index (χ1) is 10.0. The van der Waals surface area contributed by atoms with Crippen LogP contribution in [0.1, 0.15) is 46.1 Å². The van der Waals surface area contributed by atoms with E-state index in [1.165, 1.54) is 18.2 Å². The number of phenolic OH excluding ortho intramolecular Hbond substituents is 1. The van der Waals surface area contributed by atoms with Crippen LogP contribution in [0.15, 0.2) is 18.2 Å². The lowest BCUT2D eigenvalue weighted by atomic mass is 9.88. The zero-order valence-corrected chi connectivity index (χ0v) is 13.5. The number of rotatable bonds is 4. The van der Waals surface area contributed by atoms with Crippen molar-refractivity contribution in [1.82, 2.24) is 0 Å². The van der Waals surface area contributed by atoms with Gasteiger partial charge in [-0.3, -0.25) is 10.1 Å². The minimum atomic E-state index is -1.00. The van der Waals surface area contributed by atoms with Gasteiger partial charge >= 0.3 is 12.1 Å². The Balaban J connectivity index is 2.94. The Labute approximate surface area is 130 Å². The number of amides is 1. The zero-order chi connectivity index (χ0) is 17.1. The van der Waals surface area contributed by atoms with Crippen LogP contribution in [0.5, 0.6) is 5.75 Å². The van der Waals surface area contributed by atoms with E-state index in [0.29, 0.717) is 11.3 Å². The smallest absolute Gasteiger partial charge is 0.412 e. The standard InChI is InChI=1S/C16H23NO5/c1-9(2)13(14(19)20)11-7-6-10(8-12(11)18)17-15(21)22-16(3,4)5/h6-9,13,18H,1-5H3,(H,17,21)(H,19,20). The minimum absolute atomic E-state index is 0.172. The number of nitrogens with one attached hydrogen (secondary N) is 1. The molecule has 0 spiro atoms. The molecule has 6 nitrogen and oxygen atoms in total. The molecule has 6 heteroatoms. The van der Waals surface area contributed by atoms with E-state index in [1.54, 1.807) is 34.6 Å². The van der Waals surface area contributed by atoms with Crippen LogP contribution >= 0.6 is 0 Å². The third-order valence-electron chi connectivity index (χ3n) is 2.94. The predicted octanol–water partition coefficient (Wildman–Crippen LogP) is 3.56. The maximum Gasteiger partial charge on any atom is 0.412 e. The molecule has 0 bridgehead atoms. The molecule has 1 unspecified atom stereocenters. The maximum atomic E-state index is 11.7. The first-order valence-corrected chi connectivity index (χ1v) is 7.07. The molecule has 0 aromatic heterocycles. The fourth-order valence-corrected chi connectivity index (χ4v) is 2.08. The molecule has 0 aliphatic rings. The molecule has 0 fully saturated rings. The molecule has 0 saturated heterocycles. The van der Waals surface area contributed by atoms with Gasteiger partial charge in [0.2, 0.25) is 0 Å². The van der Waals surface area contributed by atoms with Crippen LogP contribution in [-0.2, 0) is 9.53 Å². The van der Waals surface area contributed by atoms with Gasteiger partial charge in [0.15, 0.2) is 0 Å². The second-order valence-electron chi connectivity index (χ2n) is 6.46. The number of aliphatic carboxylic acids is 1. The number of aromatic hydroxyl groups is 1. The fraction of sp³-hybridized carbons (Fsp3) is 0.500. The van der Waals surface area contributed by atoms with Gasteiger partial charge in [0.05, 0.1) is 5.92 Å². The Morgan fingerprint density at radius 3 is 2.23 bits per heavy atom. The summed E-state index contributed by atoms with van der Waals surface area (Å²) in [6, 6.07) is 4.36. The molecule has 0 aliphatic heterocycles. The lowest BCUT2D eigenvalue weighted by molar-refractivity contribution is -0.139. The van der Waals surface area contributed by atoms with Crippen LogP contribution < -0.4 is 5.32 Å². The molecular formula is C16H23NO5. The van der Waals surface area contributed by atoms with Gasteiger partial charge < -0.3 is 14.9 Å². The van der Waals surface area contributed by atoms with E-state index in [-0.39, 0.29) is 11.7 Å². The first kappa shape index (κ1) is 17.8. The van der Waals surface area contributed by atoms with Crippen molar-refractivity contribution >= 4 is 17.7 Å². The SMILES string of the molecule is CC(C)C(C(=O)O)c1ccc(NC(=O)OC(C)(C)C)cc1O. The molecule has 0 heterocycles. The molecule has 1 aromatic carbocycles. The van der Waals surface area contributed by atoms with E-state index in [0.717, 1.165) is 0 Å². The fourth-order valence-electron chi connectivity index (χ4n) is 2.08. The number of carbonyl (C=O) groups excluding carboxylic acids is 1. The zero-order valence-electron chi connectivity index (χ0n) is 13.5. The molecule has 1 atom stereocenters. The molecule has 0 aliphatic carbocycles. The number of carboxylic acid groups (broad SMARTS) is 1. The maximum absolute atomic E-state index is 11.7. The Kier molecular flexibility index (Phi) is 5.41. The van der Waals surface area contributed by atoms with Crippen LogP contribution in [0.2, 0.25) is 0 Å². The van der Waals surface area contributed by atoms with Crippen molar-refractivity contribution in [3.63, 3.8) is 0 Å². The van der Waals surface area contributed by atoms with Crippen LogP contribution in [0.25, 0.3) is 0 Å². The van der Waals surface area contributed by atoms with Gasteiger partial charge in [-0.05, 0) is 32.8 Å². The third kappa shape index (κ3) is 4.95. The number of hydrogen-bond acceptors (Lipinski definition) is 4. The Hall–Kier alpha value is -2.24. The summed E-state index contributed by atoms with van der Waals surface area (Å²) in [6.07, 6.45) is -0.640. The van der Waals surface area contributed by atoms with Gasteiger partial charge in [-0.15, -0.1) is 0 Å². The van der Waals surface area contributed by atoms with E-state index in [1.807, 2.05) is 0 Å². The second kappa shape index (κ2) is 6.68. The number of hydrogen-bond donors (Lipinski definition) is 3. The molecule has 1 aromatic rings. The summed E-state index contributed by atoms with van der Waals surface area (Å²) < 4.78 is 5.11. The normalized spacial score (nSPS) is 12.8. The van der Waals surface area contributed by atoms with Gasteiger partial charge in [0, 0.05) is 17.3 Å². The van der Waals surface area contributed by atoms with E-state index in [9.17, 15) is 19.8 Å². The lowest BCUT2D eigenvalue weighted by Crippen LogP contribution is -2.27. The van der Waals surface area contributed by atoms with Gasteiger partial charge in [0.25, 0.3) is 0 Å². The quantitative estimate of drug-likeness (QED) is 0.790. The highest BCUT2D eigenvalue weighted by molar-refractivity contribution is 5.85. The summed E-state index contributed by atoms with van der Waals surface area (Å²) in [5.41, 5.74) is 0.0265. The van der Waals surface area contributed by atoms with Crippen LogP contribution in [0.3, 0.4) is 0 Å². The lowest BCUT2D eigenvalue weighted by Gasteiger charge is -2.21. The predicted molar refractivity (Wildman–Crippen MR) is 83.2 cm³/mol. The Bertz CT molecular complexity index is 560. The van der Waals surface area contributed by atoms with E-state index in [4.69, 9.17) is 4.74 Å². The minimum Gasteiger partial charge on any atom is -0.508 e. The molecule has 122 valence electrons. The second-order valence-corrected chi connectivity index (χ2v) is 6.46. The largest absolute Gasteiger partial charge is 0.508 e. The summed E-state index contributed by atoms with van der Waals surface area (Å²) in [5, 5.41) is 21.8. The summed E-state index contributed by atoms with van der Waals surface area (Å²) in [5.74, 6) is -2.16. The Morgan fingerprint density at radius 1 is 1.23 bits per heavy atom. The number of carbonyl (C=O) groups is 2. The van der Waals surface area contributed by atoms with Crippen molar-refractivity contribution in [3.05, 3.63) is 23.8 Å². The number of carboxylic acids is 1. The molecule has 0 saturated carbocycles. The van der Waals surface area contributed by atoms with E-state index in [2.05, 4.69) is 5.32 Å². The van der Waals surface area contributed by atoms with Crippen molar-refractivity contribution in [2.24, 2.45) is 5.92 Å². The van der Waals surface area contributed by atoms with E-state index < -0.39 is 23.6 Å². The van der Waals surface area contributed by atoms with Crippen LogP contribution in [-0.4, -0.2) is 27.9 Å². The van der Waals surface area contributed by atoms with Crippen molar-refractivity contribution < 1.29 is 24.5 Å². The van der Waals surface area contributed by atoms with Crippen molar-refractivity contribution in [1.29, 1.82) is 0 Å². The average molecular weight is 309 g/mol. The molecule has 0 radical (unpaired) electrons. The summed E-state index contributed by atoms with van der Waals surface area (Å²) in [4.78, 5) is 23.0. The molecular weight excluding hydrogens is 286 g/mol.